The number of hydrogen-bond donors (Lipinski definition) is 1. The Balaban J connectivity index is 1.70. The monoisotopic (exact) mass is 431 g/mol. The van der Waals surface area contributed by atoms with Gasteiger partial charge in [-0.25, -0.2) is 4.79 Å². The first-order chi connectivity index (χ1) is 15.5. The van der Waals surface area contributed by atoms with Gasteiger partial charge in [0.2, 0.25) is 0 Å². The van der Waals surface area contributed by atoms with Crippen molar-refractivity contribution >= 4 is 11.8 Å². The Labute approximate surface area is 188 Å². The van der Waals surface area contributed by atoms with E-state index in [-0.39, 0.29) is 18.3 Å². The summed E-state index contributed by atoms with van der Waals surface area (Å²) in [5.41, 5.74) is 5.98. The summed E-state index contributed by atoms with van der Waals surface area (Å²) in [4.78, 5) is 29.3. The first-order valence-corrected chi connectivity index (χ1v) is 11.2. The Morgan fingerprint density at radius 1 is 1.03 bits per heavy atom. The first-order valence-electron chi connectivity index (χ1n) is 11.2. The van der Waals surface area contributed by atoms with E-state index in [0.29, 0.717) is 37.1 Å². The van der Waals surface area contributed by atoms with Gasteiger partial charge in [-0.05, 0) is 67.5 Å². The van der Waals surface area contributed by atoms with Crippen LogP contribution in [0, 0.1) is 6.92 Å². The number of aromatic amines is 1. The van der Waals surface area contributed by atoms with Gasteiger partial charge in [0.1, 0.15) is 11.4 Å². The van der Waals surface area contributed by atoms with Crippen LogP contribution in [0.2, 0.25) is 0 Å². The van der Waals surface area contributed by atoms with Crippen LogP contribution in [0.25, 0.3) is 0 Å². The number of fused-ring (bicyclic) bond motifs is 1. The zero-order valence-corrected chi connectivity index (χ0v) is 18.9. The molecule has 5 heteroatoms. The van der Waals surface area contributed by atoms with Gasteiger partial charge in [-0.15, -0.1) is 0 Å². The third kappa shape index (κ3) is 4.33. The quantitative estimate of drug-likeness (QED) is 0.509. The molecule has 1 N–H and O–H groups in total. The van der Waals surface area contributed by atoms with E-state index < -0.39 is 5.97 Å². The minimum atomic E-state index is -0.407. The minimum Gasteiger partial charge on any atom is -0.494 e. The van der Waals surface area contributed by atoms with Gasteiger partial charge in [0, 0.05) is 24.1 Å². The van der Waals surface area contributed by atoms with Gasteiger partial charge in [0.15, 0.2) is 5.78 Å². The van der Waals surface area contributed by atoms with Gasteiger partial charge in [-0.2, -0.15) is 0 Å². The number of Topliss-reactive ketones (excluding diaryl/α,β-unsaturated/α-hetero) is 1. The Morgan fingerprint density at radius 3 is 2.47 bits per heavy atom. The van der Waals surface area contributed by atoms with Crippen LogP contribution >= 0.6 is 0 Å². The predicted molar refractivity (Wildman–Crippen MR) is 124 cm³/mol. The number of ketones is 1. The molecule has 0 bridgehead atoms. The molecule has 0 saturated carbocycles. The number of benzene rings is 2. The lowest BCUT2D eigenvalue weighted by atomic mass is 9.80. The third-order valence-corrected chi connectivity index (χ3v) is 6.11. The number of esters is 1. The molecule has 0 saturated heterocycles. The van der Waals surface area contributed by atoms with E-state index in [9.17, 15) is 9.59 Å². The van der Waals surface area contributed by atoms with Crippen LogP contribution in [0.15, 0.2) is 48.5 Å². The van der Waals surface area contributed by atoms with Crippen LogP contribution in [-0.2, 0) is 17.6 Å². The largest absolute Gasteiger partial charge is 0.494 e. The Hall–Kier alpha value is -3.34. The topological polar surface area (TPSA) is 68.4 Å². The standard InChI is InChI=1S/C27H29NO4/c1-4-31-21-12-10-18(11-13-21)20-15-23-25(24(29)16-20)22(26(28-23)27(30)32-5-2)14-19-9-7-6-8-17(19)3/h6-13,20,28H,4-5,14-16H2,1-3H3/t20-/m0/s1. The highest BCUT2D eigenvalue weighted by molar-refractivity contribution is 6.04. The molecule has 1 aliphatic rings. The van der Waals surface area contributed by atoms with Crippen molar-refractivity contribution in [2.24, 2.45) is 0 Å². The molecule has 0 unspecified atom stereocenters. The molecule has 1 heterocycles. The Bertz CT molecular complexity index is 1130. The molecule has 166 valence electrons. The van der Waals surface area contributed by atoms with Gasteiger partial charge < -0.3 is 14.5 Å². The number of ether oxygens (including phenoxy) is 2. The highest BCUT2D eigenvalue weighted by Crippen LogP contribution is 2.37. The van der Waals surface area contributed by atoms with E-state index in [1.165, 1.54) is 0 Å². The lowest BCUT2D eigenvalue weighted by Crippen LogP contribution is -2.19. The lowest BCUT2D eigenvalue weighted by molar-refractivity contribution is 0.0519. The van der Waals surface area contributed by atoms with Crippen molar-refractivity contribution in [3.05, 3.63) is 87.7 Å². The van der Waals surface area contributed by atoms with Crippen LogP contribution in [0.3, 0.4) is 0 Å². The summed E-state index contributed by atoms with van der Waals surface area (Å²) in [7, 11) is 0. The van der Waals surface area contributed by atoms with Crippen molar-refractivity contribution < 1.29 is 19.1 Å². The van der Waals surface area contributed by atoms with Gasteiger partial charge in [0.05, 0.1) is 13.2 Å². The predicted octanol–water partition coefficient (Wildman–Crippen LogP) is 5.40. The molecule has 32 heavy (non-hydrogen) atoms. The fourth-order valence-electron chi connectivity index (χ4n) is 4.52. The SMILES string of the molecule is CCOC(=O)c1[nH]c2c(c1Cc1ccccc1C)C(=O)C[C@@H](c1ccc(OCC)cc1)C2. The molecule has 1 atom stereocenters. The molecule has 0 spiro atoms. The Morgan fingerprint density at radius 2 is 1.78 bits per heavy atom. The van der Waals surface area contributed by atoms with E-state index in [4.69, 9.17) is 9.47 Å². The molecular weight excluding hydrogens is 402 g/mol. The molecule has 1 aromatic heterocycles. The molecule has 0 amide bonds. The fourth-order valence-corrected chi connectivity index (χ4v) is 4.52. The highest BCUT2D eigenvalue weighted by Gasteiger charge is 2.33. The zero-order valence-electron chi connectivity index (χ0n) is 18.9. The molecule has 5 nitrogen and oxygen atoms in total. The summed E-state index contributed by atoms with van der Waals surface area (Å²) in [6.45, 7) is 6.69. The van der Waals surface area contributed by atoms with E-state index >= 15 is 0 Å². The van der Waals surface area contributed by atoms with Crippen molar-refractivity contribution in [3.8, 4) is 5.75 Å². The molecule has 1 aliphatic carbocycles. The number of aromatic nitrogens is 1. The number of carbonyl (C=O) groups excluding carboxylic acids is 2. The molecule has 0 radical (unpaired) electrons. The molecular formula is C27H29NO4. The number of hydrogen-bond acceptors (Lipinski definition) is 4. The van der Waals surface area contributed by atoms with Crippen LogP contribution in [-0.4, -0.2) is 30.0 Å². The number of aryl methyl sites for hydroxylation is 1. The Kier molecular flexibility index (Phi) is 6.45. The summed E-state index contributed by atoms with van der Waals surface area (Å²) < 4.78 is 10.8. The van der Waals surface area contributed by atoms with Gasteiger partial charge >= 0.3 is 5.97 Å². The molecule has 4 rings (SSSR count). The van der Waals surface area contributed by atoms with E-state index in [2.05, 4.69) is 4.98 Å². The van der Waals surface area contributed by atoms with Crippen LogP contribution in [0.1, 0.15) is 75.0 Å². The number of H-pyrrole nitrogens is 1. The average molecular weight is 432 g/mol. The highest BCUT2D eigenvalue weighted by atomic mass is 16.5. The number of rotatable bonds is 7. The van der Waals surface area contributed by atoms with Crippen LogP contribution in [0.5, 0.6) is 5.75 Å². The second-order valence-electron chi connectivity index (χ2n) is 8.19. The second kappa shape index (κ2) is 9.43. The minimum absolute atomic E-state index is 0.0608. The van der Waals surface area contributed by atoms with Crippen molar-refractivity contribution in [3.63, 3.8) is 0 Å². The maximum atomic E-state index is 13.3. The summed E-state index contributed by atoms with van der Waals surface area (Å²) in [5, 5.41) is 0. The summed E-state index contributed by atoms with van der Waals surface area (Å²) >= 11 is 0. The van der Waals surface area contributed by atoms with Crippen molar-refractivity contribution in [2.45, 2.75) is 46.0 Å². The smallest absolute Gasteiger partial charge is 0.355 e. The zero-order chi connectivity index (χ0) is 22.7. The van der Waals surface area contributed by atoms with E-state index in [0.717, 1.165) is 33.7 Å². The summed E-state index contributed by atoms with van der Waals surface area (Å²) in [6, 6.07) is 16.0. The van der Waals surface area contributed by atoms with Gasteiger partial charge in [-0.3, -0.25) is 4.79 Å². The number of nitrogens with one attached hydrogen (secondary N) is 1. The second-order valence-corrected chi connectivity index (χ2v) is 8.19. The van der Waals surface area contributed by atoms with Crippen molar-refractivity contribution in [1.29, 1.82) is 0 Å². The molecule has 2 aromatic carbocycles. The third-order valence-electron chi connectivity index (χ3n) is 6.11. The maximum absolute atomic E-state index is 13.3. The van der Waals surface area contributed by atoms with E-state index in [1.54, 1.807) is 6.92 Å². The van der Waals surface area contributed by atoms with Gasteiger partial charge in [-0.1, -0.05) is 36.4 Å². The normalized spacial score (nSPS) is 15.3. The first kappa shape index (κ1) is 21.9. The van der Waals surface area contributed by atoms with E-state index in [1.807, 2.05) is 62.4 Å². The van der Waals surface area contributed by atoms with Crippen molar-refractivity contribution in [1.82, 2.24) is 4.98 Å². The summed E-state index contributed by atoms with van der Waals surface area (Å²) in [6.07, 6.45) is 1.61. The van der Waals surface area contributed by atoms with Gasteiger partial charge in [0.25, 0.3) is 0 Å². The maximum Gasteiger partial charge on any atom is 0.355 e. The summed E-state index contributed by atoms with van der Waals surface area (Å²) in [5.74, 6) is 0.547. The lowest BCUT2D eigenvalue weighted by Gasteiger charge is -2.22. The van der Waals surface area contributed by atoms with Crippen LogP contribution in [0.4, 0.5) is 0 Å². The van der Waals surface area contributed by atoms with Crippen LogP contribution < -0.4 is 4.74 Å². The number of carbonyl (C=O) groups is 2. The average Bonchev–Trinajstić information content (AvgIpc) is 3.15. The molecule has 0 aliphatic heterocycles. The fraction of sp³-hybridized carbons (Fsp3) is 0.333. The molecule has 3 aromatic rings. The molecule has 0 fully saturated rings. The van der Waals surface area contributed by atoms with Crippen molar-refractivity contribution in [2.75, 3.05) is 13.2 Å².